The standard InChI is InChI=1S/C26H54N2O/c1-6-7-8-9-10-11-12-13-14-15-16-17-18-19-20-22-26(29)27-23-21-24-28(4,5)25(2)3/h25H,6-24H2,1-5H3/p+1. The smallest absolute Gasteiger partial charge is 0.219 e. The average molecular weight is 412 g/mol. The van der Waals surface area contributed by atoms with Crippen molar-refractivity contribution >= 4 is 5.91 Å². The number of hydrogen-bond acceptors (Lipinski definition) is 1. The number of unbranched alkanes of at least 4 members (excludes halogenated alkanes) is 14. The van der Waals surface area contributed by atoms with Gasteiger partial charge in [-0.15, -0.1) is 0 Å². The molecule has 0 heterocycles. The van der Waals surface area contributed by atoms with Crippen molar-refractivity contribution in [2.75, 3.05) is 27.2 Å². The van der Waals surface area contributed by atoms with Crippen molar-refractivity contribution in [3.8, 4) is 0 Å². The third kappa shape index (κ3) is 19.2. The van der Waals surface area contributed by atoms with Crippen LogP contribution in [0.25, 0.3) is 0 Å². The van der Waals surface area contributed by atoms with Crippen LogP contribution in [0.1, 0.15) is 130 Å². The van der Waals surface area contributed by atoms with Crippen LogP contribution in [0.2, 0.25) is 0 Å². The molecule has 3 heteroatoms. The predicted octanol–water partition coefficient (Wildman–Crippen LogP) is 7.24. The van der Waals surface area contributed by atoms with Crippen LogP contribution in [0.3, 0.4) is 0 Å². The van der Waals surface area contributed by atoms with Gasteiger partial charge in [0.2, 0.25) is 5.91 Å². The van der Waals surface area contributed by atoms with E-state index in [9.17, 15) is 4.79 Å². The zero-order chi connectivity index (χ0) is 21.8. The first-order valence-electron chi connectivity index (χ1n) is 13.0. The molecular weight excluding hydrogens is 356 g/mol. The van der Waals surface area contributed by atoms with Crippen LogP contribution >= 0.6 is 0 Å². The maximum atomic E-state index is 11.9. The fourth-order valence-corrected chi connectivity index (χ4v) is 3.72. The molecule has 0 saturated carbocycles. The molecule has 0 aromatic rings. The average Bonchev–Trinajstić information content (AvgIpc) is 2.68. The number of nitrogens with zero attached hydrogens (tertiary/aromatic N) is 1. The molecule has 1 N–H and O–H groups in total. The summed E-state index contributed by atoms with van der Waals surface area (Å²) in [6, 6.07) is 0.631. The first-order chi connectivity index (χ1) is 13.9. The fourth-order valence-electron chi connectivity index (χ4n) is 3.72. The van der Waals surface area contributed by atoms with Crippen molar-refractivity contribution < 1.29 is 9.28 Å². The molecule has 0 unspecified atom stereocenters. The zero-order valence-corrected chi connectivity index (χ0v) is 20.9. The van der Waals surface area contributed by atoms with Crippen LogP contribution in [0, 0.1) is 0 Å². The van der Waals surface area contributed by atoms with E-state index in [0.29, 0.717) is 12.5 Å². The summed E-state index contributed by atoms with van der Waals surface area (Å²) in [5.74, 6) is 0.245. The van der Waals surface area contributed by atoms with Gasteiger partial charge in [0.15, 0.2) is 0 Å². The molecule has 0 atom stereocenters. The summed E-state index contributed by atoms with van der Waals surface area (Å²) < 4.78 is 1.02. The number of hydrogen-bond donors (Lipinski definition) is 1. The van der Waals surface area contributed by atoms with E-state index in [2.05, 4.69) is 40.2 Å². The van der Waals surface area contributed by atoms with Gasteiger partial charge in [0.05, 0.1) is 26.7 Å². The SMILES string of the molecule is CCCCCCCCCCCCCCCCCC(=O)NCCC[N+](C)(C)C(C)C. The summed E-state index contributed by atoms with van der Waals surface area (Å²) in [5.41, 5.74) is 0. The van der Waals surface area contributed by atoms with E-state index < -0.39 is 0 Å². The lowest BCUT2D eigenvalue weighted by atomic mass is 10.0. The lowest BCUT2D eigenvalue weighted by Gasteiger charge is -2.34. The van der Waals surface area contributed by atoms with E-state index in [4.69, 9.17) is 0 Å². The van der Waals surface area contributed by atoms with E-state index in [1.54, 1.807) is 0 Å². The summed E-state index contributed by atoms with van der Waals surface area (Å²) >= 11 is 0. The summed E-state index contributed by atoms with van der Waals surface area (Å²) in [7, 11) is 4.53. The highest BCUT2D eigenvalue weighted by Crippen LogP contribution is 2.13. The molecule has 0 fully saturated rings. The number of amides is 1. The molecule has 1 amide bonds. The number of nitrogens with one attached hydrogen (secondary N) is 1. The Bertz CT molecular complexity index is 366. The normalized spacial score (nSPS) is 11.9. The Kier molecular flexibility index (Phi) is 19.0. The fraction of sp³-hybridized carbons (Fsp3) is 0.962. The first-order valence-corrected chi connectivity index (χ1v) is 13.0. The quantitative estimate of drug-likeness (QED) is 0.156. The number of carbonyl (C=O) groups excluding carboxylic acids is 1. The van der Waals surface area contributed by atoms with Crippen molar-refractivity contribution in [1.82, 2.24) is 5.32 Å². The lowest BCUT2D eigenvalue weighted by molar-refractivity contribution is -0.911. The van der Waals surface area contributed by atoms with Crippen LogP contribution in [-0.2, 0) is 4.79 Å². The number of rotatable bonds is 21. The molecule has 0 aromatic heterocycles. The van der Waals surface area contributed by atoms with Gasteiger partial charge in [0.1, 0.15) is 0 Å². The van der Waals surface area contributed by atoms with Crippen molar-refractivity contribution in [3.63, 3.8) is 0 Å². The third-order valence-electron chi connectivity index (χ3n) is 6.64. The molecule has 0 rings (SSSR count). The minimum atomic E-state index is 0.245. The zero-order valence-electron chi connectivity index (χ0n) is 20.9. The van der Waals surface area contributed by atoms with Gasteiger partial charge in [-0.2, -0.15) is 0 Å². The van der Waals surface area contributed by atoms with Gasteiger partial charge in [0.25, 0.3) is 0 Å². The van der Waals surface area contributed by atoms with Gasteiger partial charge in [-0.1, -0.05) is 96.8 Å². The largest absolute Gasteiger partial charge is 0.356 e. The monoisotopic (exact) mass is 411 g/mol. The molecule has 0 aromatic carbocycles. The Morgan fingerprint density at radius 1 is 0.690 bits per heavy atom. The van der Waals surface area contributed by atoms with Gasteiger partial charge in [-0.3, -0.25) is 4.79 Å². The maximum Gasteiger partial charge on any atom is 0.219 e. The molecule has 0 aliphatic rings. The van der Waals surface area contributed by atoms with E-state index in [-0.39, 0.29) is 5.91 Å². The molecule has 0 bridgehead atoms. The van der Waals surface area contributed by atoms with Crippen molar-refractivity contribution in [1.29, 1.82) is 0 Å². The highest BCUT2D eigenvalue weighted by molar-refractivity contribution is 5.75. The molecule has 0 aliphatic carbocycles. The van der Waals surface area contributed by atoms with E-state index in [1.807, 2.05) is 0 Å². The van der Waals surface area contributed by atoms with Crippen LogP contribution in [0.4, 0.5) is 0 Å². The van der Waals surface area contributed by atoms with Crippen molar-refractivity contribution in [3.05, 3.63) is 0 Å². The third-order valence-corrected chi connectivity index (χ3v) is 6.64. The molecule has 0 saturated heterocycles. The minimum absolute atomic E-state index is 0.245. The second kappa shape index (κ2) is 19.4. The predicted molar refractivity (Wildman–Crippen MR) is 129 cm³/mol. The molecule has 174 valence electrons. The Hall–Kier alpha value is -0.570. The molecule has 0 radical (unpaired) electrons. The molecule has 3 nitrogen and oxygen atoms in total. The van der Waals surface area contributed by atoms with E-state index in [1.165, 1.54) is 89.9 Å². The van der Waals surface area contributed by atoms with Crippen LogP contribution in [0.5, 0.6) is 0 Å². The van der Waals surface area contributed by atoms with Gasteiger partial charge < -0.3 is 9.80 Å². The van der Waals surface area contributed by atoms with E-state index >= 15 is 0 Å². The van der Waals surface area contributed by atoms with Gasteiger partial charge in [-0.25, -0.2) is 0 Å². The van der Waals surface area contributed by atoms with Crippen molar-refractivity contribution in [2.24, 2.45) is 0 Å². The molecule has 0 aliphatic heterocycles. The highest BCUT2D eigenvalue weighted by atomic mass is 16.1. The number of carbonyl (C=O) groups is 1. The topological polar surface area (TPSA) is 29.1 Å². The second-order valence-corrected chi connectivity index (χ2v) is 10.00. The second-order valence-electron chi connectivity index (χ2n) is 10.00. The maximum absolute atomic E-state index is 11.9. The summed E-state index contributed by atoms with van der Waals surface area (Å²) in [5, 5.41) is 3.09. The molecule has 29 heavy (non-hydrogen) atoms. The van der Waals surface area contributed by atoms with Gasteiger partial charge in [0, 0.05) is 19.4 Å². The van der Waals surface area contributed by atoms with Gasteiger partial charge >= 0.3 is 0 Å². The molecule has 0 spiro atoms. The lowest BCUT2D eigenvalue weighted by Crippen LogP contribution is -2.47. The molecular formula is C26H55N2O+. The Morgan fingerprint density at radius 2 is 1.10 bits per heavy atom. The van der Waals surface area contributed by atoms with Crippen LogP contribution in [-0.4, -0.2) is 43.6 Å². The summed E-state index contributed by atoms with van der Waals surface area (Å²) in [6.45, 7) is 8.75. The van der Waals surface area contributed by atoms with Crippen LogP contribution < -0.4 is 5.32 Å². The Morgan fingerprint density at radius 3 is 1.52 bits per heavy atom. The van der Waals surface area contributed by atoms with E-state index in [0.717, 1.165) is 30.4 Å². The van der Waals surface area contributed by atoms with Crippen LogP contribution in [0.15, 0.2) is 0 Å². The number of quaternary nitrogens is 1. The Labute approximate surface area is 184 Å². The Balaban J connectivity index is 3.27. The van der Waals surface area contributed by atoms with Gasteiger partial charge in [-0.05, 0) is 20.3 Å². The van der Waals surface area contributed by atoms with Crippen molar-refractivity contribution in [2.45, 2.75) is 136 Å². The highest BCUT2D eigenvalue weighted by Gasteiger charge is 2.18. The summed E-state index contributed by atoms with van der Waals surface area (Å²) in [4.78, 5) is 11.9. The minimum Gasteiger partial charge on any atom is -0.356 e. The first kappa shape index (κ1) is 28.4. The summed E-state index contributed by atoms with van der Waals surface area (Å²) in [6.07, 6.45) is 22.3.